The van der Waals surface area contributed by atoms with Crippen molar-refractivity contribution in [1.29, 1.82) is 0 Å². The first-order chi connectivity index (χ1) is 32.0. The van der Waals surface area contributed by atoms with Crippen molar-refractivity contribution in [1.82, 2.24) is 10.6 Å². The number of aliphatic carboxylic acids is 1. The average Bonchev–Trinajstić information content (AvgIpc) is 3.29. The van der Waals surface area contributed by atoms with Gasteiger partial charge in [0.25, 0.3) is 5.79 Å². The van der Waals surface area contributed by atoms with Gasteiger partial charge in [0.1, 0.15) is 116 Å². The first kappa shape index (κ1) is 56.3. The number of rotatable bonds is 18. The molecule has 2 amide bonds. The SMILES string of the molecule is CC(=O)NC1C(OC2C(O)C(CO)OC(OC3C(CO)OC(O)C(O)C3O)C2O)OC(CO)C(OC2OC(CO)C(O)C(OC3(C(=O)O)CC(O)C(NC(C)=O)C(C(O)C(O)CO)O3)C2O)C1O. The zero-order valence-corrected chi connectivity index (χ0v) is 36.2. The first-order valence-corrected chi connectivity index (χ1v) is 21.2. The molecular formula is C37H62N2O29. The minimum Gasteiger partial charge on any atom is -0.477 e. The number of amides is 2. The van der Waals surface area contributed by atoms with Crippen LogP contribution in [0, 0.1) is 0 Å². The molecule has 0 aromatic rings. The maximum atomic E-state index is 12.9. The fraction of sp³-hybridized carbons (Fsp3) is 0.919. The van der Waals surface area contributed by atoms with Gasteiger partial charge in [0, 0.05) is 20.3 Å². The number of ether oxygens (including phenoxy) is 9. The maximum Gasteiger partial charge on any atom is 0.364 e. The van der Waals surface area contributed by atoms with E-state index in [1.54, 1.807) is 0 Å². The van der Waals surface area contributed by atoms with E-state index in [0.29, 0.717) is 0 Å². The molecule has 0 aliphatic carbocycles. The predicted octanol–water partition coefficient (Wildman–Crippen LogP) is -12.4. The highest BCUT2D eigenvalue weighted by Gasteiger charge is 2.61. The third kappa shape index (κ3) is 11.8. The molecule has 19 N–H and O–H groups in total. The molecule has 5 aliphatic rings. The van der Waals surface area contributed by atoms with Crippen molar-refractivity contribution >= 4 is 17.8 Å². The number of aliphatic hydroxyl groups is 16. The summed E-state index contributed by atoms with van der Waals surface area (Å²) in [6.07, 6.45) is -47.0. The van der Waals surface area contributed by atoms with Crippen LogP contribution in [-0.2, 0) is 57.0 Å². The predicted molar refractivity (Wildman–Crippen MR) is 207 cm³/mol. The zero-order chi connectivity index (χ0) is 50.7. The van der Waals surface area contributed by atoms with Crippen LogP contribution < -0.4 is 10.6 Å². The Morgan fingerprint density at radius 1 is 0.574 bits per heavy atom. The summed E-state index contributed by atoms with van der Waals surface area (Å²) in [5, 5.41) is 185. The van der Waals surface area contributed by atoms with Crippen LogP contribution in [0.3, 0.4) is 0 Å². The average molecular weight is 999 g/mol. The summed E-state index contributed by atoms with van der Waals surface area (Å²) in [7, 11) is 0. The van der Waals surface area contributed by atoms with Gasteiger partial charge in [-0.1, -0.05) is 0 Å². The molecule has 31 nitrogen and oxygen atoms in total. The molecule has 5 fully saturated rings. The summed E-state index contributed by atoms with van der Waals surface area (Å²) in [5.41, 5.74) is 0. The second-order valence-corrected chi connectivity index (χ2v) is 16.8. The summed E-state index contributed by atoms with van der Waals surface area (Å²) < 4.78 is 50.5. The van der Waals surface area contributed by atoms with Crippen molar-refractivity contribution in [2.45, 2.75) is 179 Å². The van der Waals surface area contributed by atoms with Gasteiger partial charge in [-0.05, 0) is 0 Å². The lowest BCUT2D eigenvalue weighted by Crippen LogP contribution is -2.71. The van der Waals surface area contributed by atoms with Crippen molar-refractivity contribution in [3.63, 3.8) is 0 Å². The standard InChI is InChI=1S/C37H62N2O29/c1-9(45)38-17-11(47)3-37(36(58)59,67-29(17)19(49)12(48)4-40)68-31-21(51)14(6-42)62-35(26(31)56)64-27-16(8-44)63-33(18(22(27)52)39-10(2)46)66-30-20(50)13(5-41)61-34(25(30)55)65-28-15(7-43)60-32(57)24(54)23(28)53/h11-35,40-44,47-57H,3-8H2,1-2H3,(H,38,45)(H,39,46)(H,58,59). The van der Waals surface area contributed by atoms with E-state index in [2.05, 4.69) is 10.6 Å². The lowest BCUT2D eigenvalue weighted by molar-refractivity contribution is -0.390. The Morgan fingerprint density at radius 3 is 1.53 bits per heavy atom. The van der Waals surface area contributed by atoms with Gasteiger partial charge in [-0.3, -0.25) is 9.59 Å². The maximum absolute atomic E-state index is 12.9. The molecule has 5 heterocycles. The van der Waals surface area contributed by atoms with Crippen molar-refractivity contribution in [3.05, 3.63) is 0 Å². The smallest absolute Gasteiger partial charge is 0.364 e. The molecule has 68 heavy (non-hydrogen) atoms. The molecule has 5 rings (SSSR count). The van der Waals surface area contributed by atoms with Gasteiger partial charge in [0.05, 0.1) is 45.2 Å². The van der Waals surface area contributed by atoms with Crippen LogP contribution in [-0.4, -0.2) is 297 Å². The minimum atomic E-state index is -3.17. The minimum absolute atomic E-state index is 0.811. The highest BCUT2D eigenvalue weighted by molar-refractivity contribution is 5.76. The zero-order valence-electron chi connectivity index (χ0n) is 36.2. The molecule has 0 aromatic carbocycles. The van der Waals surface area contributed by atoms with Gasteiger partial charge in [0.2, 0.25) is 11.8 Å². The molecule has 5 saturated heterocycles. The van der Waals surface area contributed by atoms with Crippen LogP contribution in [0.5, 0.6) is 0 Å². The number of carboxylic acids is 1. The number of hydrogen-bond acceptors (Lipinski definition) is 28. The molecular weight excluding hydrogens is 936 g/mol. The second kappa shape index (κ2) is 23.8. The van der Waals surface area contributed by atoms with Crippen LogP contribution in [0.25, 0.3) is 0 Å². The molecule has 394 valence electrons. The lowest BCUT2D eigenvalue weighted by atomic mass is 9.88. The Labute approximate surface area is 384 Å². The van der Waals surface area contributed by atoms with Crippen molar-refractivity contribution in [2.75, 3.05) is 33.0 Å². The number of carboxylic acid groups (broad SMARTS) is 1. The third-order valence-electron chi connectivity index (χ3n) is 12.1. The molecule has 0 saturated carbocycles. The summed E-state index contributed by atoms with van der Waals surface area (Å²) in [6.45, 7) is -3.23. The van der Waals surface area contributed by atoms with Gasteiger partial charge in [-0.2, -0.15) is 0 Å². The van der Waals surface area contributed by atoms with Crippen LogP contribution in [0.15, 0.2) is 0 Å². The molecule has 0 bridgehead atoms. The van der Waals surface area contributed by atoms with E-state index in [-0.39, 0.29) is 0 Å². The number of aliphatic hydroxyl groups excluding tert-OH is 16. The second-order valence-electron chi connectivity index (χ2n) is 16.8. The Kier molecular flexibility index (Phi) is 19.7. The lowest BCUT2D eigenvalue weighted by Gasteiger charge is -2.51. The highest BCUT2D eigenvalue weighted by Crippen LogP contribution is 2.39. The van der Waals surface area contributed by atoms with Crippen molar-refractivity contribution in [2.24, 2.45) is 0 Å². The van der Waals surface area contributed by atoms with Gasteiger partial charge in [-0.25, -0.2) is 4.79 Å². The monoisotopic (exact) mass is 998 g/mol. The van der Waals surface area contributed by atoms with Crippen LogP contribution in [0.2, 0.25) is 0 Å². The van der Waals surface area contributed by atoms with Gasteiger partial charge in [0.15, 0.2) is 25.2 Å². The van der Waals surface area contributed by atoms with Crippen molar-refractivity contribution < 1.29 is 144 Å². The summed E-state index contributed by atoms with van der Waals surface area (Å²) in [5.74, 6) is -6.92. The fourth-order valence-electron chi connectivity index (χ4n) is 8.54. The Hall–Kier alpha value is -2.59. The van der Waals surface area contributed by atoms with E-state index in [1.807, 2.05) is 0 Å². The van der Waals surface area contributed by atoms with E-state index in [0.717, 1.165) is 13.8 Å². The largest absolute Gasteiger partial charge is 0.477 e. The molecule has 26 unspecified atom stereocenters. The Balaban J connectivity index is 1.40. The normalized spacial score (nSPS) is 46.6. The van der Waals surface area contributed by atoms with E-state index in [1.165, 1.54) is 0 Å². The van der Waals surface area contributed by atoms with Gasteiger partial charge >= 0.3 is 5.97 Å². The van der Waals surface area contributed by atoms with Crippen molar-refractivity contribution in [3.8, 4) is 0 Å². The molecule has 0 aromatic heterocycles. The number of hydrogen-bond donors (Lipinski definition) is 19. The third-order valence-corrected chi connectivity index (χ3v) is 12.1. The number of nitrogens with one attached hydrogen (secondary N) is 2. The molecule has 0 spiro atoms. The summed E-state index contributed by atoms with van der Waals surface area (Å²) in [6, 6.07) is -3.47. The van der Waals surface area contributed by atoms with E-state index >= 15 is 0 Å². The quantitative estimate of drug-likeness (QED) is 0.0606. The summed E-state index contributed by atoms with van der Waals surface area (Å²) >= 11 is 0. The Bertz CT molecular complexity index is 1660. The molecule has 26 atom stereocenters. The van der Waals surface area contributed by atoms with E-state index in [4.69, 9.17) is 42.6 Å². The highest BCUT2D eigenvalue weighted by atomic mass is 16.8. The number of carbonyl (C=O) groups excluding carboxylic acids is 2. The van der Waals surface area contributed by atoms with E-state index in [9.17, 15) is 101 Å². The molecule has 5 aliphatic heterocycles. The number of carbonyl (C=O) groups is 3. The fourth-order valence-corrected chi connectivity index (χ4v) is 8.54. The molecule has 0 radical (unpaired) electrons. The first-order valence-electron chi connectivity index (χ1n) is 21.2. The molecule has 31 heteroatoms. The van der Waals surface area contributed by atoms with Crippen LogP contribution >= 0.6 is 0 Å². The van der Waals surface area contributed by atoms with E-state index < -0.39 is 216 Å². The Morgan fingerprint density at radius 2 is 1.03 bits per heavy atom. The van der Waals surface area contributed by atoms with Gasteiger partial charge in [-0.15, -0.1) is 0 Å². The topological polar surface area (TPSA) is 502 Å². The van der Waals surface area contributed by atoms with Crippen LogP contribution in [0.4, 0.5) is 0 Å². The van der Waals surface area contributed by atoms with Gasteiger partial charge < -0.3 is 140 Å². The van der Waals surface area contributed by atoms with Crippen LogP contribution in [0.1, 0.15) is 20.3 Å². The summed E-state index contributed by atoms with van der Waals surface area (Å²) in [4.78, 5) is 37.4.